The predicted octanol–water partition coefficient (Wildman–Crippen LogP) is 11.5. The van der Waals surface area contributed by atoms with Crippen molar-refractivity contribution in [3.05, 3.63) is 154 Å². The maximum absolute atomic E-state index is 14.2. The zero-order valence-corrected chi connectivity index (χ0v) is 55.7. The lowest BCUT2D eigenvalue weighted by molar-refractivity contribution is 0.201. The van der Waals surface area contributed by atoms with Crippen molar-refractivity contribution in [2.45, 2.75) is 90.3 Å². The van der Waals surface area contributed by atoms with E-state index in [2.05, 4.69) is 59.7 Å². The van der Waals surface area contributed by atoms with Crippen molar-refractivity contribution in [1.29, 1.82) is 0 Å². The van der Waals surface area contributed by atoms with Gasteiger partial charge in [0.25, 0.3) is 0 Å². The molecule has 0 bridgehead atoms. The minimum absolute atomic E-state index is 0.0445. The molecule has 4 heterocycles. The summed E-state index contributed by atoms with van der Waals surface area (Å²) in [5.41, 5.74) is 4.43. The molecule has 86 heavy (non-hydrogen) atoms. The Morgan fingerprint density at radius 2 is 0.802 bits per heavy atom. The Hall–Kier alpha value is -6.91. The van der Waals surface area contributed by atoms with Gasteiger partial charge in [-0.25, -0.2) is 35.4 Å². The van der Waals surface area contributed by atoms with Crippen LogP contribution in [-0.2, 0) is 32.9 Å². The minimum Gasteiger partial charge on any atom is -0.494 e. The molecular weight excluding hydrogens is 1210 g/mol. The highest BCUT2D eigenvalue weighted by Crippen LogP contribution is 2.41. The van der Waals surface area contributed by atoms with Gasteiger partial charge < -0.3 is 29.2 Å². The number of aryl methyl sites for hydroxylation is 2. The van der Waals surface area contributed by atoms with Crippen LogP contribution in [0.5, 0.6) is 23.0 Å². The van der Waals surface area contributed by atoms with E-state index in [1.165, 1.54) is 37.0 Å². The number of methoxy groups -OCH3 is 4. The van der Waals surface area contributed by atoms with Crippen molar-refractivity contribution in [2.75, 3.05) is 61.6 Å². The van der Waals surface area contributed by atoms with Gasteiger partial charge in [0.15, 0.2) is 11.6 Å². The Kier molecular flexibility index (Phi) is 22.3. The first-order chi connectivity index (χ1) is 40.8. The summed E-state index contributed by atoms with van der Waals surface area (Å²) in [6.45, 7) is 17.3. The van der Waals surface area contributed by atoms with Crippen LogP contribution < -0.4 is 27.6 Å². The number of aliphatic hydroxyl groups is 2. The molecule has 0 spiro atoms. The molecule has 0 aliphatic carbocycles. The van der Waals surface area contributed by atoms with Gasteiger partial charge in [0.2, 0.25) is 31.9 Å². The van der Waals surface area contributed by atoms with Crippen LogP contribution in [0.3, 0.4) is 0 Å². The number of pyridine rings is 2. The van der Waals surface area contributed by atoms with Crippen molar-refractivity contribution in [3.63, 3.8) is 0 Å². The van der Waals surface area contributed by atoms with Crippen LogP contribution in [0.25, 0.3) is 34.4 Å². The zero-order valence-electron chi connectivity index (χ0n) is 50.6. The second-order valence-electron chi connectivity index (χ2n) is 22.5. The highest BCUT2D eigenvalue weighted by atomic mass is 35.5. The molecule has 2 atom stereocenters. The highest BCUT2D eigenvalue weighted by Gasteiger charge is 2.37. The molecule has 0 amide bonds. The van der Waals surface area contributed by atoms with Crippen LogP contribution in [0.1, 0.15) is 48.6 Å². The van der Waals surface area contributed by atoms with Crippen molar-refractivity contribution in [1.82, 2.24) is 39.5 Å². The molecule has 460 valence electrons. The summed E-state index contributed by atoms with van der Waals surface area (Å²) in [6, 6.07) is 36.0. The average molecular weight is 1290 g/mol. The minimum atomic E-state index is -4.16. The Balaban J connectivity index is 0.000000246. The van der Waals surface area contributed by atoms with Gasteiger partial charge in [-0.15, -0.1) is 20.4 Å². The van der Waals surface area contributed by atoms with E-state index >= 15 is 0 Å². The van der Waals surface area contributed by atoms with Crippen molar-refractivity contribution < 1.29 is 46.0 Å². The standard InChI is InChI=1S/2C30H38ClN5O5SSi/c2*1-7-23-10-8-11-24(32-23)29-33-34-30(36(29)28-26(40-2)12-9-13-27(28)41-3)35(18-19-43(4,5)6)42(38,39)20-25(37)21-14-16-22(31)17-15-21/h2*8-17,25,37H,7,18-20H2,1-6H3/t2*25-/m10/s1. The first-order valence-electron chi connectivity index (χ1n) is 27.9. The number of sulfonamides is 2. The maximum atomic E-state index is 14.2. The van der Waals surface area contributed by atoms with E-state index in [9.17, 15) is 27.0 Å². The smallest absolute Gasteiger partial charge is 0.246 e. The summed E-state index contributed by atoms with van der Waals surface area (Å²) in [5.74, 6) is 1.29. The third-order valence-electron chi connectivity index (χ3n) is 13.8. The van der Waals surface area contributed by atoms with Crippen LogP contribution >= 0.6 is 23.2 Å². The van der Waals surface area contributed by atoms with E-state index < -0.39 is 59.9 Å². The summed E-state index contributed by atoms with van der Waals surface area (Å²) >= 11 is 12.0. The van der Waals surface area contributed by atoms with Gasteiger partial charge in [-0.05, 0) is 109 Å². The molecule has 4 aromatic carbocycles. The fourth-order valence-corrected chi connectivity index (χ4v) is 14.4. The molecular formula is C60H76Cl2N10O10S2Si2. The molecule has 0 unspecified atom stereocenters. The largest absolute Gasteiger partial charge is 0.494 e. The van der Waals surface area contributed by atoms with Gasteiger partial charge in [0, 0.05) is 50.7 Å². The third-order valence-corrected chi connectivity index (χ3v) is 21.3. The number of para-hydroxylation sites is 2. The SMILES string of the molecule is CCc1cccc(-c2nnc(N(CC[Si](C)(C)C)S(=O)(=O)C[C@@H](O)c3ccc(Cl)cc3)n2-c2c(OC)cccc2OC)n1.CCc1cccc(-c2nnc(N(CC[Si](C)(C)C)S(=O)(=O)C[C@H](O)c3ccc(Cl)cc3)n2-c2c(OC)cccc2OC)n1. The van der Waals surface area contributed by atoms with Gasteiger partial charge in [-0.1, -0.05) is 125 Å². The van der Waals surface area contributed by atoms with Crippen molar-refractivity contribution >= 4 is 71.3 Å². The van der Waals surface area contributed by atoms with Crippen LogP contribution in [0.4, 0.5) is 11.9 Å². The van der Waals surface area contributed by atoms with Gasteiger partial charge in [-0.3, -0.25) is 9.13 Å². The monoisotopic (exact) mass is 1290 g/mol. The van der Waals surface area contributed by atoms with Crippen LogP contribution in [-0.4, -0.2) is 136 Å². The maximum Gasteiger partial charge on any atom is 0.246 e. The fraction of sp³-hybridized carbons (Fsp3) is 0.367. The zero-order chi connectivity index (χ0) is 62.7. The van der Waals surface area contributed by atoms with Crippen molar-refractivity contribution in [2.24, 2.45) is 0 Å². The number of halogens is 2. The Labute approximate surface area is 516 Å². The average Bonchev–Trinajstić information content (AvgIpc) is 1.64. The molecule has 8 rings (SSSR count). The normalized spacial score (nSPS) is 12.7. The number of hydrogen-bond acceptors (Lipinski definition) is 16. The first-order valence-corrected chi connectivity index (χ1v) is 39.3. The van der Waals surface area contributed by atoms with E-state index in [4.69, 9.17) is 52.1 Å². The summed E-state index contributed by atoms with van der Waals surface area (Å²) in [4.78, 5) is 9.51. The molecule has 8 aromatic rings. The molecule has 0 radical (unpaired) electrons. The number of anilines is 2. The quantitative estimate of drug-likeness (QED) is 0.0479. The fourth-order valence-electron chi connectivity index (χ4n) is 9.07. The number of ether oxygens (including phenoxy) is 4. The third kappa shape index (κ3) is 16.4. The van der Waals surface area contributed by atoms with E-state index in [0.717, 1.165) is 11.4 Å². The number of nitrogens with zero attached hydrogens (tertiary/aromatic N) is 10. The molecule has 0 aliphatic rings. The van der Waals surface area contributed by atoms with Crippen LogP contribution in [0.2, 0.25) is 61.4 Å². The molecule has 2 N–H and O–H groups in total. The topological polar surface area (TPSA) is 239 Å². The molecule has 4 aromatic heterocycles. The van der Waals surface area contributed by atoms with Crippen molar-refractivity contribution in [3.8, 4) is 57.4 Å². The summed E-state index contributed by atoms with van der Waals surface area (Å²) < 4.78 is 85.6. The molecule has 26 heteroatoms. The molecule has 0 aliphatic heterocycles. The lowest BCUT2D eigenvalue weighted by Gasteiger charge is -2.28. The summed E-state index contributed by atoms with van der Waals surface area (Å²) in [6.07, 6.45) is -1.19. The lowest BCUT2D eigenvalue weighted by atomic mass is 10.1. The van der Waals surface area contributed by atoms with Crippen LogP contribution in [0.15, 0.2) is 121 Å². The van der Waals surface area contributed by atoms with Gasteiger partial charge >= 0.3 is 0 Å². The molecule has 0 fully saturated rings. The molecule has 0 saturated carbocycles. The second-order valence-corrected chi connectivity index (χ2v) is 38.5. The van der Waals surface area contributed by atoms with E-state index in [-0.39, 0.29) is 25.0 Å². The number of hydrogen-bond donors (Lipinski definition) is 2. The number of aliphatic hydroxyl groups excluding tert-OH is 2. The first kappa shape index (κ1) is 66.6. The Morgan fingerprint density at radius 1 is 0.488 bits per heavy atom. The number of rotatable bonds is 26. The lowest BCUT2D eigenvalue weighted by Crippen LogP contribution is -2.40. The summed E-state index contributed by atoms with van der Waals surface area (Å²) in [7, 11) is -5.70. The van der Waals surface area contributed by atoms with Crippen LogP contribution in [0, 0.1) is 0 Å². The highest BCUT2D eigenvalue weighted by molar-refractivity contribution is 7.93. The van der Waals surface area contributed by atoms with Gasteiger partial charge in [0.05, 0.1) is 52.2 Å². The van der Waals surface area contributed by atoms with E-state index in [0.29, 0.717) is 104 Å². The Morgan fingerprint density at radius 3 is 1.09 bits per heavy atom. The summed E-state index contributed by atoms with van der Waals surface area (Å²) in [5, 5.41) is 40.9. The van der Waals surface area contributed by atoms with Gasteiger partial charge in [0.1, 0.15) is 45.8 Å². The van der Waals surface area contributed by atoms with E-state index in [1.807, 2.05) is 38.1 Å². The van der Waals surface area contributed by atoms with E-state index in [1.54, 1.807) is 106 Å². The number of aromatic nitrogens is 8. The molecule has 0 saturated heterocycles. The number of benzene rings is 4. The Bertz CT molecular complexity index is 3520. The van der Waals surface area contributed by atoms with Gasteiger partial charge in [-0.2, -0.15) is 0 Å². The second kappa shape index (κ2) is 28.7. The predicted molar refractivity (Wildman–Crippen MR) is 346 cm³/mol. The molecule has 20 nitrogen and oxygen atoms in total.